The molecule has 1 N–H and O–H groups in total. The van der Waals surface area contributed by atoms with Crippen molar-refractivity contribution in [2.75, 3.05) is 11.5 Å². The van der Waals surface area contributed by atoms with Gasteiger partial charge in [-0.1, -0.05) is 0 Å². The van der Waals surface area contributed by atoms with Crippen LogP contribution < -0.4 is 14.4 Å². The summed E-state index contributed by atoms with van der Waals surface area (Å²) < 4.78 is 17.0. The number of aryl methyl sites for hydroxylation is 1. The molecule has 0 radical (unpaired) electrons. The number of amides is 1. The van der Waals surface area contributed by atoms with Gasteiger partial charge in [-0.2, -0.15) is 0 Å². The number of rotatable bonds is 7. The molecule has 34 heavy (non-hydrogen) atoms. The topological polar surface area (TPSA) is 89.2 Å². The number of hydrogen-bond acceptors (Lipinski definition) is 6. The Hall–Kier alpha value is -4.00. The Morgan fingerprint density at radius 1 is 1.00 bits per heavy atom. The van der Waals surface area contributed by atoms with Crippen molar-refractivity contribution in [3.63, 3.8) is 0 Å². The van der Waals surface area contributed by atoms with Crippen LogP contribution in [-0.4, -0.2) is 29.5 Å². The number of aliphatic hydroxyl groups is 1. The average molecular weight is 462 g/mol. The van der Waals surface area contributed by atoms with Crippen molar-refractivity contribution >= 4 is 23.1 Å². The highest BCUT2D eigenvalue weighted by Gasteiger charge is 2.48. The lowest BCUT2D eigenvalue weighted by Crippen LogP contribution is -2.29. The summed E-state index contributed by atoms with van der Waals surface area (Å²) in [5, 5.41) is 11.2. The second-order valence-electron chi connectivity index (χ2n) is 8.24. The van der Waals surface area contributed by atoms with Gasteiger partial charge < -0.3 is 19.0 Å². The molecule has 176 valence electrons. The van der Waals surface area contributed by atoms with E-state index in [9.17, 15) is 14.7 Å². The molecule has 1 unspecified atom stereocenters. The number of aliphatic hydroxyl groups excluding tert-OH is 1. The molecule has 0 bridgehead atoms. The SMILES string of the molecule is CCOc1ccc(N2C(=O)C(=O)/C(=C(\O)c3ccc(OC(C)C)cc3)C2c2ccc(C)o2)cc1. The van der Waals surface area contributed by atoms with Gasteiger partial charge in [0.15, 0.2) is 0 Å². The van der Waals surface area contributed by atoms with Crippen molar-refractivity contribution in [1.82, 2.24) is 0 Å². The number of ether oxygens (including phenoxy) is 2. The summed E-state index contributed by atoms with van der Waals surface area (Å²) in [6.07, 6.45) is 0.000998. The predicted octanol–water partition coefficient (Wildman–Crippen LogP) is 5.40. The second kappa shape index (κ2) is 9.47. The highest BCUT2D eigenvalue weighted by atomic mass is 16.5. The fourth-order valence-electron chi connectivity index (χ4n) is 3.96. The van der Waals surface area contributed by atoms with Crippen molar-refractivity contribution in [3.8, 4) is 11.5 Å². The van der Waals surface area contributed by atoms with E-state index < -0.39 is 17.7 Å². The largest absolute Gasteiger partial charge is 0.507 e. The zero-order valence-electron chi connectivity index (χ0n) is 19.6. The van der Waals surface area contributed by atoms with Crippen molar-refractivity contribution in [2.24, 2.45) is 0 Å². The molecule has 0 spiro atoms. The summed E-state index contributed by atoms with van der Waals surface area (Å²) >= 11 is 0. The average Bonchev–Trinajstić information content (AvgIpc) is 3.35. The van der Waals surface area contributed by atoms with Crippen molar-refractivity contribution in [2.45, 2.75) is 39.8 Å². The zero-order chi connectivity index (χ0) is 24.4. The lowest BCUT2D eigenvalue weighted by Gasteiger charge is -2.23. The van der Waals surface area contributed by atoms with Crippen LogP contribution in [0.5, 0.6) is 11.5 Å². The van der Waals surface area contributed by atoms with E-state index >= 15 is 0 Å². The lowest BCUT2D eigenvalue weighted by molar-refractivity contribution is -0.132. The monoisotopic (exact) mass is 461 g/mol. The van der Waals surface area contributed by atoms with Crippen LogP contribution in [-0.2, 0) is 9.59 Å². The first-order valence-corrected chi connectivity index (χ1v) is 11.2. The van der Waals surface area contributed by atoms with Crippen LogP contribution >= 0.6 is 0 Å². The van der Waals surface area contributed by atoms with Crippen LogP contribution in [0.1, 0.15) is 43.9 Å². The molecular weight excluding hydrogens is 434 g/mol. The number of carbonyl (C=O) groups excluding carboxylic acids is 2. The van der Waals surface area contributed by atoms with Gasteiger partial charge in [0, 0.05) is 11.3 Å². The minimum atomic E-state index is -0.918. The number of Topliss-reactive ketones (excluding diaryl/α,β-unsaturated/α-hetero) is 1. The molecule has 1 fully saturated rings. The van der Waals surface area contributed by atoms with E-state index in [0.717, 1.165) is 0 Å². The normalized spacial score (nSPS) is 17.4. The van der Waals surface area contributed by atoms with Crippen molar-refractivity contribution in [1.29, 1.82) is 0 Å². The maximum absolute atomic E-state index is 13.2. The van der Waals surface area contributed by atoms with Crippen LogP contribution in [0.25, 0.3) is 5.76 Å². The highest BCUT2D eigenvalue weighted by molar-refractivity contribution is 6.51. The molecule has 1 amide bonds. The molecule has 1 atom stereocenters. The molecule has 0 aliphatic carbocycles. The van der Waals surface area contributed by atoms with Gasteiger partial charge in [-0.3, -0.25) is 14.5 Å². The first-order valence-electron chi connectivity index (χ1n) is 11.2. The highest BCUT2D eigenvalue weighted by Crippen LogP contribution is 2.43. The van der Waals surface area contributed by atoms with Gasteiger partial charge in [0.05, 0.1) is 18.3 Å². The van der Waals surface area contributed by atoms with Gasteiger partial charge in [0.1, 0.15) is 34.8 Å². The van der Waals surface area contributed by atoms with Crippen molar-refractivity contribution in [3.05, 3.63) is 83.3 Å². The fourth-order valence-corrected chi connectivity index (χ4v) is 3.96. The standard InChI is InChI=1S/C27H27NO6/c1-5-32-20-13-9-19(10-14-20)28-24(22-15-6-17(4)34-22)23(26(30)27(28)31)25(29)18-7-11-21(12-8-18)33-16(2)3/h6-16,24,29H,5H2,1-4H3/b25-23-. The summed E-state index contributed by atoms with van der Waals surface area (Å²) in [6.45, 7) is 8.01. The summed E-state index contributed by atoms with van der Waals surface area (Å²) in [4.78, 5) is 27.7. The Morgan fingerprint density at radius 2 is 1.65 bits per heavy atom. The van der Waals surface area contributed by atoms with Crippen LogP contribution in [0.4, 0.5) is 5.69 Å². The molecule has 1 aromatic heterocycles. The van der Waals surface area contributed by atoms with Gasteiger partial charge >= 0.3 is 0 Å². The Labute approximate surface area is 198 Å². The zero-order valence-corrected chi connectivity index (χ0v) is 19.6. The van der Waals surface area contributed by atoms with Crippen LogP contribution in [0, 0.1) is 6.92 Å². The molecule has 2 heterocycles. The molecule has 2 aromatic carbocycles. The maximum atomic E-state index is 13.2. The van der Waals surface area contributed by atoms with Crippen LogP contribution in [0.3, 0.4) is 0 Å². The van der Waals surface area contributed by atoms with E-state index in [0.29, 0.717) is 40.9 Å². The van der Waals surface area contributed by atoms with Gasteiger partial charge in [0.25, 0.3) is 11.7 Å². The molecule has 1 aliphatic heterocycles. The summed E-state index contributed by atoms with van der Waals surface area (Å²) in [6, 6.07) is 16.2. The smallest absolute Gasteiger partial charge is 0.300 e. The Balaban J connectivity index is 1.81. The minimum Gasteiger partial charge on any atom is -0.507 e. The Morgan fingerprint density at radius 3 is 2.21 bits per heavy atom. The van der Waals surface area contributed by atoms with Gasteiger partial charge in [-0.05, 0) is 88.4 Å². The third-order valence-electron chi connectivity index (χ3n) is 5.40. The van der Waals surface area contributed by atoms with Gasteiger partial charge in [0.2, 0.25) is 0 Å². The van der Waals surface area contributed by atoms with E-state index in [1.165, 1.54) is 4.90 Å². The van der Waals surface area contributed by atoms with E-state index in [2.05, 4.69) is 0 Å². The molecule has 3 aromatic rings. The Kier molecular flexibility index (Phi) is 6.45. The van der Waals surface area contributed by atoms with Crippen LogP contribution in [0.15, 0.2) is 70.7 Å². The number of furan rings is 1. The molecule has 4 rings (SSSR count). The number of hydrogen-bond donors (Lipinski definition) is 1. The minimum absolute atomic E-state index is 0.000998. The Bertz CT molecular complexity index is 1220. The summed E-state index contributed by atoms with van der Waals surface area (Å²) in [5.74, 6) is 0.491. The number of benzene rings is 2. The number of nitrogens with zero attached hydrogens (tertiary/aromatic N) is 1. The van der Waals surface area contributed by atoms with E-state index in [1.54, 1.807) is 67.6 Å². The molecule has 7 nitrogen and oxygen atoms in total. The van der Waals surface area contributed by atoms with E-state index in [1.807, 2.05) is 20.8 Å². The lowest BCUT2D eigenvalue weighted by atomic mass is 9.99. The van der Waals surface area contributed by atoms with E-state index in [-0.39, 0.29) is 17.4 Å². The number of ketones is 1. The first kappa shape index (κ1) is 23.2. The number of anilines is 1. The molecular formula is C27H27NO6. The first-order chi connectivity index (χ1) is 16.3. The fraction of sp³-hybridized carbons (Fsp3) is 0.259. The molecule has 1 saturated heterocycles. The maximum Gasteiger partial charge on any atom is 0.300 e. The van der Waals surface area contributed by atoms with Gasteiger partial charge in [-0.15, -0.1) is 0 Å². The number of carbonyl (C=O) groups is 2. The molecule has 7 heteroatoms. The summed E-state index contributed by atoms with van der Waals surface area (Å²) in [5.41, 5.74) is 0.851. The summed E-state index contributed by atoms with van der Waals surface area (Å²) in [7, 11) is 0. The predicted molar refractivity (Wildman–Crippen MR) is 128 cm³/mol. The molecule has 0 saturated carbocycles. The quantitative estimate of drug-likeness (QED) is 0.288. The molecule has 1 aliphatic rings. The van der Waals surface area contributed by atoms with E-state index in [4.69, 9.17) is 13.9 Å². The third kappa shape index (κ3) is 4.41. The second-order valence-corrected chi connectivity index (χ2v) is 8.24. The van der Waals surface area contributed by atoms with Gasteiger partial charge in [-0.25, -0.2) is 0 Å². The van der Waals surface area contributed by atoms with Crippen molar-refractivity contribution < 1.29 is 28.6 Å². The third-order valence-corrected chi connectivity index (χ3v) is 5.40. The van der Waals surface area contributed by atoms with Crippen LogP contribution in [0.2, 0.25) is 0 Å².